The molecule has 25 heavy (non-hydrogen) atoms. The first-order valence-electron chi connectivity index (χ1n) is 7.78. The number of halogens is 1. The van der Waals surface area contributed by atoms with Gasteiger partial charge in [-0.05, 0) is 35.3 Å². The van der Waals surface area contributed by atoms with Gasteiger partial charge in [-0.15, -0.1) is 0 Å². The zero-order valence-electron chi connectivity index (χ0n) is 14.3. The summed E-state index contributed by atoms with van der Waals surface area (Å²) < 4.78 is 13.7. The predicted octanol–water partition coefficient (Wildman–Crippen LogP) is 2.64. The van der Waals surface area contributed by atoms with Gasteiger partial charge < -0.3 is 15.2 Å². The quantitative estimate of drug-likeness (QED) is 0.870. The number of carbonyl (C=O) groups is 2. The Morgan fingerprint density at radius 1 is 1.04 bits per heavy atom. The summed E-state index contributed by atoms with van der Waals surface area (Å²) >= 11 is 0. The zero-order valence-corrected chi connectivity index (χ0v) is 14.3. The highest BCUT2D eigenvalue weighted by Crippen LogP contribution is 2.22. The molecule has 0 fully saturated rings. The number of carboxylic acid groups (broad SMARTS) is 1. The maximum atomic E-state index is 13.7. The molecular weight excluding hydrogens is 321 g/mol. The van der Waals surface area contributed by atoms with E-state index in [1.54, 1.807) is 18.2 Å². The number of hydrogen-bond acceptors (Lipinski definition) is 3. The average Bonchev–Trinajstić information content (AvgIpc) is 2.55. The second-order valence-corrected chi connectivity index (χ2v) is 6.65. The van der Waals surface area contributed by atoms with Gasteiger partial charge in [0, 0.05) is 11.1 Å². The van der Waals surface area contributed by atoms with Gasteiger partial charge in [-0.25, -0.2) is 4.39 Å². The minimum Gasteiger partial charge on any atom is -0.543 e. The zero-order chi connectivity index (χ0) is 18.6. The van der Waals surface area contributed by atoms with E-state index in [2.05, 4.69) is 5.32 Å². The predicted molar refractivity (Wildman–Crippen MR) is 92.0 cm³/mol. The smallest absolute Gasteiger partial charge is 0.255 e. The molecule has 0 atom stereocenters. The van der Waals surface area contributed by atoms with Crippen molar-refractivity contribution in [1.82, 2.24) is 5.32 Å². The van der Waals surface area contributed by atoms with Gasteiger partial charge in [0.2, 0.25) is 0 Å². The fourth-order valence-corrected chi connectivity index (χ4v) is 2.21. The summed E-state index contributed by atoms with van der Waals surface area (Å²) in [5, 5.41) is 13.5. The molecule has 2 aromatic rings. The summed E-state index contributed by atoms with van der Waals surface area (Å²) in [4.78, 5) is 23.5. The fraction of sp³-hybridized carbons (Fsp3) is 0.200. The molecule has 4 nitrogen and oxygen atoms in total. The van der Waals surface area contributed by atoms with Crippen LogP contribution in [0.1, 0.15) is 42.3 Å². The molecule has 1 amide bonds. The van der Waals surface area contributed by atoms with Crippen molar-refractivity contribution < 1.29 is 19.1 Å². The van der Waals surface area contributed by atoms with Crippen molar-refractivity contribution in [1.29, 1.82) is 0 Å². The van der Waals surface area contributed by atoms with E-state index in [9.17, 15) is 19.1 Å². The minimum absolute atomic E-state index is 0.0464. The molecule has 0 unspecified atom stereocenters. The Kier molecular flexibility index (Phi) is 5.37. The maximum absolute atomic E-state index is 13.7. The molecule has 0 saturated carbocycles. The molecule has 0 aromatic heterocycles. The normalized spacial score (nSPS) is 11.9. The number of amides is 1. The Morgan fingerprint density at radius 2 is 1.64 bits per heavy atom. The largest absolute Gasteiger partial charge is 0.543 e. The minimum atomic E-state index is -1.59. The molecule has 0 aliphatic rings. The Hall–Kier alpha value is -2.95. The van der Waals surface area contributed by atoms with Gasteiger partial charge >= 0.3 is 0 Å². The number of carboxylic acids is 1. The van der Waals surface area contributed by atoms with E-state index < -0.39 is 23.4 Å². The van der Waals surface area contributed by atoms with Crippen molar-refractivity contribution >= 4 is 18.0 Å². The molecule has 0 radical (unpaired) electrons. The average molecular weight is 340 g/mol. The van der Waals surface area contributed by atoms with E-state index in [0.29, 0.717) is 5.56 Å². The molecule has 0 aliphatic heterocycles. The summed E-state index contributed by atoms with van der Waals surface area (Å²) in [5.41, 5.74) is 0.829. The second-order valence-electron chi connectivity index (χ2n) is 6.65. The van der Waals surface area contributed by atoms with Gasteiger partial charge in [-0.1, -0.05) is 51.1 Å². The third-order valence-electron chi connectivity index (χ3n) is 3.69. The molecule has 0 aliphatic carbocycles. The summed E-state index contributed by atoms with van der Waals surface area (Å²) in [6, 6.07) is 12.5. The maximum Gasteiger partial charge on any atom is 0.255 e. The van der Waals surface area contributed by atoms with Crippen LogP contribution >= 0.6 is 0 Å². The highest BCUT2D eigenvalue weighted by molar-refractivity contribution is 6.02. The lowest BCUT2D eigenvalue weighted by Gasteiger charge is -2.19. The van der Waals surface area contributed by atoms with Crippen LogP contribution in [-0.4, -0.2) is 11.9 Å². The summed E-state index contributed by atoms with van der Waals surface area (Å²) in [7, 11) is 0. The van der Waals surface area contributed by atoms with E-state index in [0.717, 1.165) is 11.6 Å². The summed E-state index contributed by atoms with van der Waals surface area (Å²) in [6.45, 7) is 6.15. The molecule has 2 rings (SSSR count). The monoisotopic (exact) mass is 340 g/mol. The second kappa shape index (κ2) is 7.30. The van der Waals surface area contributed by atoms with Gasteiger partial charge in [0.1, 0.15) is 5.82 Å². The lowest BCUT2D eigenvalue weighted by atomic mass is 9.87. The van der Waals surface area contributed by atoms with Gasteiger partial charge in [-0.3, -0.25) is 4.79 Å². The lowest BCUT2D eigenvalue weighted by Crippen LogP contribution is -2.35. The van der Waals surface area contributed by atoms with Crippen molar-refractivity contribution in [3.8, 4) is 0 Å². The van der Waals surface area contributed by atoms with Gasteiger partial charge in [-0.2, -0.15) is 0 Å². The van der Waals surface area contributed by atoms with Crippen LogP contribution in [0.2, 0.25) is 0 Å². The first-order chi connectivity index (χ1) is 11.7. The van der Waals surface area contributed by atoms with Gasteiger partial charge in [0.25, 0.3) is 5.91 Å². The van der Waals surface area contributed by atoms with E-state index in [1.165, 1.54) is 18.2 Å². The van der Waals surface area contributed by atoms with Crippen molar-refractivity contribution in [2.45, 2.75) is 26.2 Å². The van der Waals surface area contributed by atoms with Crippen molar-refractivity contribution in [2.75, 3.05) is 0 Å². The number of hydrogen-bond donors (Lipinski definition) is 1. The van der Waals surface area contributed by atoms with Crippen LogP contribution in [0.25, 0.3) is 6.08 Å². The summed E-state index contributed by atoms with van der Waals surface area (Å²) in [6.07, 6.45) is 1.03. The number of rotatable bonds is 4. The van der Waals surface area contributed by atoms with E-state index >= 15 is 0 Å². The first-order valence-corrected chi connectivity index (χ1v) is 7.78. The van der Waals surface area contributed by atoms with Crippen molar-refractivity contribution in [3.63, 3.8) is 0 Å². The van der Waals surface area contributed by atoms with Crippen molar-refractivity contribution in [3.05, 3.63) is 76.7 Å². The number of nitrogens with one attached hydrogen (secondary N) is 1. The van der Waals surface area contributed by atoms with Crippen LogP contribution in [0.3, 0.4) is 0 Å². The Morgan fingerprint density at radius 3 is 2.16 bits per heavy atom. The molecular formula is C20H19FNO3-. The summed E-state index contributed by atoms with van der Waals surface area (Å²) in [5.74, 6) is -2.79. The Bertz CT molecular complexity index is 818. The van der Waals surface area contributed by atoms with Crippen molar-refractivity contribution in [2.24, 2.45) is 0 Å². The van der Waals surface area contributed by atoms with Crippen LogP contribution < -0.4 is 10.4 Å². The number of benzene rings is 2. The number of carbonyl (C=O) groups excluding carboxylic acids is 2. The molecule has 0 bridgehead atoms. The topological polar surface area (TPSA) is 69.2 Å². The molecule has 5 heteroatoms. The van der Waals surface area contributed by atoms with Crippen LogP contribution in [0, 0.1) is 5.82 Å². The van der Waals surface area contributed by atoms with Crippen LogP contribution in [0.4, 0.5) is 4.39 Å². The molecule has 0 heterocycles. The number of aliphatic carboxylic acids is 1. The SMILES string of the molecule is CC(C)(C)c1ccc(C(=O)N/C(=C/c2ccccc2F)C(=O)[O-])cc1. The van der Waals surface area contributed by atoms with E-state index in [-0.39, 0.29) is 11.0 Å². The molecule has 2 aromatic carbocycles. The first kappa shape index (κ1) is 18.4. The Balaban J connectivity index is 2.24. The standard InChI is InChI=1S/C20H20FNO3/c1-20(2,3)15-10-8-13(9-11-15)18(23)22-17(19(24)25)12-14-6-4-5-7-16(14)21/h4-12H,1-3H3,(H,22,23)(H,24,25)/p-1/b17-12+. The fourth-order valence-electron chi connectivity index (χ4n) is 2.21. The Labute approximate surface area is 146 Å². The van der Waals surface area contributed by atoms with E-state index in [4.69, 9.17) is 0 Å². The molecule has 0 spiro atoms. The third kappa shape index (κ3) is 4.76. The van der Waals surface area contributed by atoms with Crippen LogP contribution in [-0.2, 0) is 10.2 Å². The van der Waals surface area contributed by atoms with E-state index in [1.807, 2.05) is 32.9 Å². The lowest BCUT2D eigenvalue weighted by molar-refractivity contribution is -0.299. The third-order valence-corrected chi connectivity index (χ3v) is 3.69. The molecule has 1 N–H and O–H groups in total. The van der Waals surface area contributed by atoms with Gasteiger partial charge in [0.15, 0.2) is 0 Å². The van der Waals surface area contributed by atoms with Crippen LogP contribution in [0.5, 0.6) is 0 Å². The highest BCUT2D eigenvalue weighted by atomic mass is 19.1. The molecule has 130 valence electrons. The highest BCUT2D eigenvalue weighted by Gasteiger charge is 2.15. The van der Waals surface area contributed by atoms with Gasteiger partial charge in [0.05, 0.1) is 11.7 Å². The van der Waals surface area contributed by atoms with Crippen LogP contribution in [0.15, 0.2) is 54.2 Å². The molecule has 0 saturated heterocycles.